The molecular weight excluding hydrogens is 590 g/mol. The lowest BCUT2D eigenvalue weighted by molar-refractivity contribution is -0.137. The van der Waals surface area contributed by atoms with E-state index in [-0.39, 0.29) is 30.5 Å². The van der Waals surface area contributed by atoms with Gasteiger partial charge in [-0.2, -0.15) is 0 Å². The zero-order chi connectivity index (χ0) is 33.1. The highest BCUT2D eigenvalue weighted by Gasteiger charge is 2.42. The van der Waals surface area contributed by atoms with Gasteiger partial charge in [0.2, 0.25) is 17.7 Å². The van der Waals surface area contributed by atoms with Crippen molar-refractivity contribution < 1.29 is 24.3 Å². The molecule has 1 saturated carbocycles. The highest BCUT2D eigenvalue weighted by molar-refractivity contribution is 8.00. The lowest BCUT2D eigenvalue weighted by Gasteiger charge is -2.35. The number of hydrogen-bond donors (Lipinski definition) is 6. The standard InChI is InChI=1S/C34H55N5O5S/c1-20(2)24(19-27(40)25(35)17-22-11-7-5-8-12-22)30(41)31-29(37-15-16-45-31)34(44)39-32(42)26(18-23-13-9-6-10-14-23)38-33(43)28(36)21(3)4/h6,9-10,13-14,20-22,24-29,31,37,40H,5,7-8,11-12,15-19,35-36H2,1-4H3,(H,38,43)(H,39,42,44)/t24?,25-,26?,27-,28?,29?,31-/m0/s1. The Kier molecular flexibility index (Phi) is 15.0. The van der Waals surface area contributed by atoms with Crippen LogP contribution in [0.3, 0.4) is 0 Å². The van der Waals surface area contributed by atoms with Crippen molar-refractivity contribution in [2.75, 3.05) is 12.3 Å². The van der Waals surface area contributed by atoms with Gasteiger partial charge in [-0.25, -0.2) is 0 Å². The van der Waals surface area contributed by atoms with E-state index in [2.05, 4.69) is 16.0 Å². The summed E-state index contributed by atoms with van der Waals surface area (Å²) in [6.45, 7) is 8.02. The molecule has 1 aromatic carbocycles. The number of aliphatic hydroxyl groups excluding tert-OH is 1. The van der Waals surface area contributed by atoms with E-state index in [1.54, 1.807) is 0 Å². The fraction of sp³-hybridized carbons (Fsp3) is 0.706. The van der Waals surface area contributed by atoms with E-state index in [0.29, 0.717) is 18.2 Å². The first-order valence-electron chi connectivity index (χ1n) is 16.7. The Labute approximate surface area is 273 Å². The van der Waals surface area contributed by atoms with Gasteiger partial charge in [0.25, 0.3) is 0 Å². The van der Waals surface area contributed by atoms with Crippen LogP contribution in [-0.2, 0) is 25.6 Å². The fourth-order valence-corrected chi connectivity index (χ4v) is 7.56. The average Bonchev–Trinajstić information content (AvgIpc) is 3.03. The number of thioether (sulfide) groups is 1. The summed E-state index contributed by atoms with van der Waals surface area (Å²) < 4.78 is 0. The lowest BCUT2D eigenvalue weighted by Crippen LogP contribution is -2.61. The van der Waals surface area contributed by atoms with Crippen LogP contribution in [-0.4, -0.2) is 76.4 Å². The van der Waals surface area contributed by atoms with Crippen LogP contribution in [0.2, 0.25) is 0 Å². The van der Waals surface area contributed by atoms with Gasteiger partial charge >= 0.3 is 0 Å². The van der Waals surface area contributed by atoms with Gasteiger partial charge in [0.05, 0.1) is 17.4 Å². The highest BCUT2D eigenvalue weighted by atomic mass is 32.2. The number of benzene rings is 1. The smallest absolute Gasteiger partial charge is 0.249 e. The summed E-state index contributed by atoms with van der Waals surface area (Å²) in [6, 6.07) is 6.00. The minimum absolute atomic E-state index is 0.0717. The molecule has 0 bridgehead atoms. The van der Waals surface area contributed by atoms with Gasteiger partial charge in [-0.1, -0.05) is 90.1 Å². The molecular formula is C34H55N5O5S. The Hall–Kier alpha value is -2.31. The Morgan fingerprint density at radius 1 is 0.978 bits per heavy atom. The molecule has 7 atom stereocenters. The van der Waals surface area contributed by atoms with Crippen molar-refractivity contribution in [2.45, 2.75) is 115 Å². The molecule has 10 nitrogen and oxygen atoms in total. The molecule has 4 unspecified atom stereocenters. The molecule has 2 aliphatic rings. The molecule has 1 saturated heterocycles. The van der Waals surface area contributed by atoms with Crippen LogP contribution >= 0.6 is 11.8 Å². The quantitative estimate of drug-likeness (QED) is 0.167. The van der Waals surface area contributed by atoms with Crippen LogP contribution < -0.4 is 27.4 Å². The molecule has 1 aliphatic heterocycles. The average molecular weight is 646 g/mol. The number of Topliss-reactive ketones (excluding diaryl/α,β-unsaturated/α-hetero) is 1. The van der Waals surface area contributed by atoms with Crippen LogP contribution in [0.5, 0.6) is 0 Å². The summed E-state index contributed by atoms with van der Waals surface area (Å²) in [4.78, 5) is 53.9. The predicted molar refractivity (Wildman–Crippen MR) is 179 cm³/mol. The van der Waals surface area contributed by atoms with Crippen molar-refractivity contribution in [2.24, 2.45) is 35.1 Å². The maximum absolute atomic E-state index is 14.0. The van der Waals surface area contributed by atoms with Gasteiger partial charge in [-0.3, -0.25) is 24.5 Å². The number of nitrogens with two attached hydrogens (primary N) is 2. The number of ketones is 1. The monoisotopic (exact) mass is 645 g/mol. The zero-order valence-electron chi connectivity index (χ0n) is 27.4. The van der Waals surface area contributed by atoms with Crippen molar-refractivity contribution in [3.63, 3.8) is 0 Å². The molecule has 1 aliphatic carbocycles. The molecule has 252 valence electrons. The maximum Gasteiger partial charge on any atom is 0.249 e. The maximum atomic E-state index is 14.0. The van der Waals surface area contributed by atoms with Crippen LogP contribution in [0.1, 0.15) is 78.2 Å². The van der Waals surface area contributed by atoms with Crippen LogP contribution in [0.15, 0.2) is 30.3 Å². The number of imide groups is 1. The third-order valence-corrected chi connectivity index (χ3v) is 10.6. The molecule has 8 N–H and O–H groups in total. The topological polar surface area (TPSA) is 177 Å². The Morgan fingerprint density at radius 3 is 2.27 bits per heavy atom. The van der Waals surface area contributed by atoms with Gasteiger partial charge in [0, 0.05) is 30.7 Å². The normalized spacial score (nSPS) is 22.7. The van der Waals surface area contributed by atoms with Crippen molar-refractivity contribution >= 4 is 35.3 Å². The molecule has 1 heterocycles. The molecule has 0 aromatic heterocycles. The van der Waals surface area contributed by atoms with Gasteiger partial charge in [0.15, 0.2) is 5.78 Å². The van der Waals surface area contributed by atoms with E-state index >= 15 is 0 Å². The third-order valence-electron chi connectivity index (χ3n) is 9.30. The molecule has 0 radical (unpaired) electrons. The number of nitrogens with one attached hydrogen (secondary N) is 3. The largest absolute Gasteiger partial charge is 0.391 e. The summed E-state index contributed by atoms with van der Waals surface area (Å²) >= 11 is 1.39. The Balaban J connectivity index is 1.70. The molecule has 2 fully saturated rings. The molecule has 1 aromatic rings. The Morgan fingerprint density at radius 2 is 1.64 bits per heavy atom. The molecule has 0 spiro atoms. The number of rotatable bonds is 15. The molecule has 11 heteroatoms. The second-order valence-electron chi connectivity index (χ2n) is 13.6. The summed E-state index contributed by atoms with van der Waals surface area (Å²) in [7, 11) is 0. The molecule has 3 amide bonds. The second kappa shape index (κ2) is 18.1. The van der Waals surface area contributed by atoms with E-state index in [9.17, 15) is 24.3 Å². The predicted octanol–water partition coefficient (Wildman–Crippen LogP) is 2.30. The van der Waals surface area contributed by atoms with Gasteiger partial charge in [-0.05, 0) is 36.2 Å². The van der Waals surface area contributed by atoms with Crippen LogP contribution in [0, 0.1) is 23.7 Å². The number of aliphatic hydroxyl groups is 1. The van der Waals surface area contributed by atoms with E-state index in [0.717, 1.165) is 24.8 Å². The summed E-state index contributed by atoms with van der Waals surface area (Å²) in [5.41, 5.74) is 13.3. The first-order chi connectivity index (χ1) is 21.4. The number of carbonyl (C=O) groups is 4. The highest BCUT2D eigenvalue weighted by Crippen LogP contribution is 2.31. The van der Waals surface area contributed by atoms with E-state index in [1.807, 2.05) is 58.0 Å². The van der Waals surface area contributed by atoms with Gasteiger partial charge in [0.1, 0.15) is 12.1 Å². The fourth-order valence-electron chi connectivity index (χ4n) is 6.32. The third kappa shape index (κ3) is 11.2. The van der Waals surface area contributed by atoms with Crippen LogP contribution in [0.25, 0.3) is 0 Å². The summed E-state index contributed by atoms with van der Waals surface area (Å²) in [5.74, 6) is -1.47. The zero-order valence-corrected chi connectivity index (χ0v) is 28.2. The second-order valence-corrected chi connectivity index (χ2v) is 14.8. The minimum atomic E-state index is -1.04. The first kappa shape index (κ1) is 37.2. The molecule has 3 rings (SSSR count). The van der Waals surface area contributed by atoms with Crippen molar-refractivity contribution in [3.05, 3.63) is 35.9 Å². The van der Waals surface area contributed by atoms with Crippen molar-refractivity contribution in [1.29, 1.82) is 0 Å². The number of amides is 3. The Bertz CT molecular complexity index is 1110. The number of carbonyl (C=O) groups excluding carboxylic acids is 4. The van der Waals surface area contributed by atoms with Gasteiger partial charge < -0.3 is 27.2 Å². The van der Waals surface area contributed by atoms with E-state index in [1.165, 1.54) is 31.0 Å². The van der Waals surface area contributed by atoms with Crippen molar-refractivity contribution in [1.82, 2.24) is 16.0 Å². The molecule has 45 heavy (non-hydrogen) atoms. The van der Waals surface area contributed by atoms with E-state index in [4.69, 9.17) is 11.5 Å². The van der Waals surface area contributed by atoms with E-state index < -0.39 is 59.2 Å². The SMILES string of the molecule is CC(C)C(N)C(=O)NC(Cc1ccccc1)C(=O)NC(=O)C1NCCS[C@@H]1C(=O)C(C[C@H](O)[C@@H](N)CC1CCCCC1)C(C)C. The van der Waals surface area contributed by atoms with Crippen molar-refractivity contribution in [3.8, 4) is 0 Å². The number of hydrogen-bond acceptors (Lipinski definition) is 9. The lowest BCUT2D eigenvalue weighted by atomic mass is 9.79. The summed E-state index contributed by atoms with van der Waals surface area (Å²) in [6.07, 6.45) is 6.23. The summed E-state index contributed by atoms with van der Waals surface area (Å²) in [5, 5.41) is 18.7. The minimum Gasteiger partial charge on any atom is -0.391 e. The van der Waals surface area contributed by atoms with Crippen LogP contribution in [0.4, 0.5) is 0 Å². The van der Waals surface area contributed by atoms with Gasteiger partial charge in [-0.15, -0.1) is 11.8 Å². The first-order valence-corrected chi connectivity index (χ1v) is 17.7.